The maximum Gasteiger partial charge on any atom is 0.319 e. The molecule has 2 aromatic carbocycles. The number of nitrogens with zero attached hydrogens (tertiary/aromatic N) is 1. The van der Waals surface area contributed by atoms with E-state index >= 15 is 0 Å². The number of anilines is 2. The van der Waals surface area contributed by atoms with Gasteiger partial charge in [0.15, 0.2) is 0 Å². The van der Waals surface area contributed by atoms with Crippen molar-refractivity contribution in [2.75, 3.05) is 16.8 Å². The SMILES string of the molecule is Cc1cc(C)cc(N2CC[C@H](NC(=O)Nc3ccccc3)C2=O)c1. The number of amides is 3. The highest BCUT2D eigenvalue weighted by Crippen LogP contribution is 2.24. The van der Waals surface area contributed by atoms with Gasteiger partial charge in [0.1, 0.15) is 6.04 Å². The van der Waals surface area contributed by atoms with Gasteiger partial charge in [-0.15, -0.1) is 0 Å². The molecule has 1 saturated heterocycles. The molecule has 0 unspecified atom stereocenters. The zero-order valence-corrected chi connectivity index (χ0v) is 13.9. The molecular formula is C19H21N3O2. The molecule has 0 saturated carbocycles. The summed E-state index contributed by atoms with van der Waals surface area (Å²) >= 11 is 0. The Kier molecular flexibility index (Phi) is 4.51. The van der Waals surface area contributed by atoms with Gasteiger partial charge in [-0.1, -0.05) is 24.3 Å². The molecule has 1 heterocycles. The Bertz CT molecular complexity index is 738. The molecule has 24 heavy (non-hydrogen) atoms. The van der Waals surface area contributed by atoms with Gasteiger partial charge in [-0.05, 0) is 55.7 Å². The van der Waals surface area contributed by atoms with E-state index in [4.69, 9.17) is 0 Å². The number of urea groups is 1. The van der Waals surface area contributed by atoms with E-state index in [1.54, 1.807) is 17.0 Å². The van der Waals surface area contributed by atoms with Gasteiger partial charge in [-0.25, -0.2) is 4.79 Å². The standard InChI is InChI=1S/C19H21N3O2/c1-13-10-14(2)12-16(11-13)22-9-8-17(18(22)23)21-19(24)20-15-6-4-3-5-7-15/h3-7,10-12,17H,8-9H2,1-2H3,(H2,20,21,24)/t17-/m0/s1. The summed E-state index contributed by atoms with van der Waals surface area (Å²) in [6.07, 6.45) is 0.605. The Hall–Kier alpha value is -2.82. The van der Waals surface area contributed by atoms with Crippen molar-refractivity contribution in [1.29, 1.82) is 0 Å². The number of hydrogen-bond donors (Lipinski definition) is 2. The number of aryl methyl sites for hydroxylation is 2. The predicted molar refractivity (Wildman–Crippen MR) is 95.3 cm³/mol. The van der Waals surface area contributed by atoms with Crippen molar-refractivity contribution < 1.29 is 9.59 Å². The fourth-order valence-electron chi connectivity index (χ4n) is 3.02. The van der Waals surface area contributed by atoms with E-state index < -0.39 is 6.04 Å². The van der Waals surface area contributed by atoms with E-state index in [0.29, 0.717) is 18.7 Å². The van der Waals surface area contributed by atoms with Gasteiger partial charge in [-0.2, -0.15) is 0 Å². The van der Waals surface area contributed by atoms with Crippen LogP contribution in [0.5, 0.6) is 0 Å². The number of carbonyl (C=O) groups is 2. The van der Waals surface area contributed by atoms with E-state index in [-0.39, 0.29) is 11.9 Å². The van der Waals surface area contributed by atoms with Crippen LogP contribution < -0.4 is 15.5 Å². The molecule has 2 aromatic rings. The average molecular weight is 323 g/mol. The maximum absolute atomic E-state index is 12.6. The molecule has 0 spiro atoms. The van der Waals surface area contributed by atoms with Gasteiger partial charge in [0, 0.05) is 17.9 Å². The van der Waals surface area contributed by atoms with Crippen molar-refractivity contribution in [2.45, 2.75) is 26.3 Å². The van der Waals surface area contributed by atoms with Gasteiger partial charge >= 0.3 is 6.03 Å². The van der Waals surface area contributed by atoms with Gasteiger partial charge < -0.3 is 15.5 Å². The minimum Gasteiger partial charge on any atom is -0.326 e. The Morgan fingerprint density at radius 1 is 1.08 bits per heavy atom. The van der Waals surface area contributed by atoms with Crippen LogP contribution in [-0.4, -0.2) is 24.5 Å². The van der Waals surface area contributed by atoms with Crippen molar-refractivity contribution in [3.63, 3.8) is 0 Å². The van der Waals surface area contributed by atoms with Gasteiger partial charge in [-0.3, -0.25) is 4.79 Å². The molecule has 0 aromatic heterocycles. The maximum atomic E-state index is 12.6. The fraction of sp³-hybridized carbons (Fsp3) is 0.263. The lowest BCUT2D eigenvalue weighted by Gasteiger charge is -2.18. The third-order valence-electron chi connectivity index (χ3n) is 4.06. The summed E-state index contributed by atoms with van der Waals surface area (Å²) in [6.45, 7) is 4.64. The summed E-state index contributed by atoms with van der Waals surface area (Å²) in [5, 5.41) is 5.51. The van der Waals surface area contributed by atoms with Crippen LogP contribution in [0.25, 0.3) is 0 Å². The molecular weight excluding hydrogens is 302 g/mol. The first-order chi connectivity index (χ1) is 11.5. The molecule has 1 fully saturated rings. The quantitative estimate of drug-likeness (QED) is 0.911. The zero-order valence-electron chi connectivity index (χ0n) is 13.9. The smallest absolute Gasteiger partial charge is 0.319 e. The van der Waals surface area contributed by atoms with Crippen molar-refractivity contribution in [2.24, 2.45) is 0 Å². The van der Waals surface area contributed by atoms with Crippen molar-refractivity contribution in [3.8, 4) is 0 Å². The first-order valence-corrected chi connectivity index (χ1v) is 8.05. The van der Waals surface area contributed by atoms with Crippen LogP contribution >= 0.6 is 0 Å². The zero-order chi connectivity index (χ0) is 17.1. The summed E-state index contributed by atoms with van der Waals surface area (Å²) in [6, 6.07) is 14.4. The third-order valence-corrected chi connectivity index (χ3v) is 4.06. The van der Waals surface area contributed by atoms with Gasteiger partial charge in [0.2, 0.25) is 5.91 Å². The Morgan fingerprint density at radius 3 is 2.42 bits per heavy atom. The number of rotatable bonds is 3. The highest BCUT2D eigenvalue weighted by atomic mass is 16.2. The van der Waals surface area contributed by atoms with E-state index in [2.05, 4.69) is 16.7 Å². The largest absolute Gasteiger partial charge is 0.326 e. The lowest BCUT2D eigenvalue weighted by Crippen LogP contribution is -2.43. The van der Waals surface area contributed by atoms with Crippen LogP contribution in [0.2, 0.25) is 0 Å². The van der Waals surface area contributed by atoms with E-state index in [1.165, 1.54) is 0 Å². The number of hydrogen-bond acceptors (Lipinski definition) is 2. The third kappa shape index (κ3) is 3.56. The number of benzene rings is 2. The second-order valence-electron chi connectivity index (χ2n) is 6.14. The summed E-state index contributed by atoms with van der Waals surface area (Å²) in [5.74, 6) is -0.0665. The number of carbonyl (C=O) groups excluding carboxylic acids is 2. The van der Waals surface area contributed by atoms with Crippen LogP contribution in [0.15, 0.2) is 48.5 Å². The molecule has 1 aliphatic rings. The van der Waals surface area contributed by atoms with Crippen LogP contribution in [0.3, 0.4) is 0 Å². The second kappa shape index (κ2) is 6.74. The van der Waals surface area contributed by atoms with E-state index in [1.807, 2.05) is 44.2 Å². The molecule has 124 valence electrons. The molecule has 5 heteroatoms. The molecule has 0 bridgehead atoms. The highest BCUT2D eigenvalue weighted by molar-refractivity contribution is 6.02. The number of para-hydroxylation sites is 1. The normalized spacial score (nSPS) is 17.0. The van der Waals surface area contributed by atoms with Crippen LogP contribution in [0, 0.1) is 13.8 Å². The van der Waals surface area contributed by atoms with Crippen molar-refractivity contribution in [3.05, 3.63) is 59.7 Å². The van der Waals surface area contributed by atoms with E-state index in [9.17, 15) is 9.59 Å². The minimum atomic E-state index is -0.491. The van der Waals surface area contributed by atoms with Crippen LogP contribution in [-0.2, 0) is 4.79 Å². The first kappa shape index (κ1) is 16.1. The topological polar surface area (TPSA) is 61.4 Å². The molecule has 0 radical (unpaired) electrons. The Balaban J connectivity index is 1.64. The fourth-order valence-corrected chi connectivity index (χ4v) is 3.02. The first-order valence-electron chi connectivity index (χ1n) is 8.05. The number of nitrogens with one attached hydrogen (secondary N) is 2. The highest BCUT2D eigenvalue weighted by Gasteiger charge is 2.33. The summed E-state index contributed by atoms with van der Waals surface area (Å²) in [5.41, 5.74) is 3.84. The molecule has 2 N–H and O–H groups in total. The summed E-state index contributed by atoms with van der Waals surface area (Å²) in [7, 11) is 0. The minimum absolute atomic E-state index is 0.0665. The molecule has 3 amide bonds. The van der Waals surface area contributed by atoms with Crippen molar-refractivity contribution >= 4 is 23.3 Å². The van der Waals surface area contributed by atoms with Crippen LogP contribution in [0.1, 0.15) is 17.5 Å². The lowest BCUT2D eigenvalue weighted by molar-refractivity contribution is -0.118. The summed E-state index contributed by atoms with van der Waals surface area (Å²) in [4.78, 5) is 26.4. The van der Waals surface area contributed by atoms with Gasteiger partial charge in [0.05, 0.1) is 0 Å². The van der Waals surface area contributed by atoms with E-state index in [0.717, 1.165) is 16.8 Å². The van der Waals surface area contributed by atoms with Gasteiger partial charge in [0.25, 0.3) is 0 Å². The molecule has 1 aliphatic heterocycles. The van der Waals surface area contributed by atoms with Crippen LogP contribution in [0.4, 0.5) is 16.2 Å². The monoisotopic (exact) mass is 323 g/mol. The van der Waals surface area contributed by atoms with Crippen molar-refractivity contribution in [1.82, 2.24) is 5.32 Å². The Morgan fingerprint density at radius 2 is 1.75 bits per heavy atom. The molecule has 0 aliphatic carbocycles. The molecule has 5 nitrogen and oxygen atoms in total. The lowest BCUT2D eigenvalue weighted by atomic mass is 10.1. The average Bonchev–Trinajstić information content (AvgIpc) is 2.88. The Labute approximate surface area is 141 Å². The molecule has 1 atom stereocenters. The summed E-state index contributed by atoms with van der Waals surface area (Å²) < 4.78 is 0. The second-order valence-corrected chi connectivity index (χ2v) is 6.14. The predicted octanol–water partition coefficient (Wildman–Crippen LogP) is 3.23. The molecule has 3 rings (SSSR count).